The molecule has 2 rings (SSSR count). The van der Waals surface area contributed by atoms with Crippen LogP contribution in [-0.2, 0) is 0 Å². The Hall–Kier alpha value is 0. The van der Waals surface area contributed by atoms with Crippen LogP contribution in [0.5, 0.6) is 0 Å². The molecule has 2 aliphatic rings. The molecule has 0 aliphatic heterocycles. The molecule has 1 unspecified atom stereocenters. The van der Waals surface area contributed by atoms with Crippen LogP contribution in [0.4, 0.5) is 0 Å². The normalized spacial score (nSPS) is 35.1. The van der Waals surface area contributed by atoms with Gasteiger partial charge in [-0.25, -0.2) is 0 Å². The minimum Gasteiger partial charge on any atom is -0.0625 e. The molecule has 76 valence electrons. The Labute approximate surface area is 83.1 Å². The standard InChI is InChI=1S/C13H24/c1-9(2)11(10(3)4)12(5)8-13(12)6-7-13/h9-11H,6-8H2,1-5H3. The fourth-order valence-electron chi connectivity index (χ4n) is 4.27. The van der Waals surface area contributed by atoms with Gasteiger partial charge in [-0.2, -0.15) is 0 Å². The minimum absolute atomic E-state index is 0.718. The highest BCUT2D eigenvalue weighted by molar-refractivity contribution is 5.22. The van der Waals surface area contributed by atoms with E-state index >= 15 is 0 Å². The molecular formula is C13H24. The molecule has 0 N–H and O–H groups in total. The van der Waals surface area contributed by atoms with E-state index < -0.39 is 0 Å². The van der Waals surface area contributed by atoms with Gasteiger partial charge in [0.1, 0.15) is 0 Å². The van der Waals surface area contributed by atoms with Crippen LogP contribution in [0.3, 0.4) is 0 Å². The van der Waals surface area contributed by atoms with Gasteiger partial charge in [0, 0.05) is 0 Å². The van der Waals surface area contributed by atoms with Crippen LogP contribution in [0.15, 0.2) is 0 Å². The van der Waals surface area contributed by atoms with Crippen molar-refractivity contribution in [2.45, 2.75) is 53.9 Å². The Morgan fingerprint density at radius 3 is 1.62 bits per heavy atom. The lowest BCUT2D eigenvalue weighted by Crippen LogP contribution is -2.26. The Morgan fingerprint density at radius 2 is 1.38 bits per heavy atom. The van der Waals surface area contributed by atoms with Crippen LogP contribution in [0.1, 0.15) is 53.9 Å². The van der Waals surface area contributed by atoms with Gasteiger partial charge in [0.05, 0.1) is 0 Å². The lowest BCUT2D eigenvalue weighted by Gasteiger charge is -2.32. The molecule has 0 nitrogen and oxygen atoms in total. The van der Waals surface area contributed by atoms with Crippen LogP contribution in [0.25, 0.3) is 0 Å². The quantitative estimate of drug-likeness (QED) is 0.613. The van der Waals surface area contributed by atoms with Crippen molar-refractivity contribution in [1.82, 2.24) is 0 Å². The third kappa shape index (κ3) is 1.17. The van der Waals surface area contributed by atoms with Gasteiger partial charge in [0.2, 0.25) is 0 Å². The number of hydrogen-bond donors (Lipinski definition) is 0. The molecule has 2 fully saturated rings. The second kappa shape index (κ2) is 2.52. The van der Waals surface area contributed by atoms with Crippen LogP contribution in [-0.4, -0.2) is 0 Å². The van der Waals surface area contributed by atoms with E-state index in [1.54, 1.807) is 0 Å². The molecule has 1 spiro atoms. The minimum atomic E-state index is 0.718. The first kappa shape index (κ1) is 9.55. The second-order valence-corrected chi connectivity index (χ2v) is 6.39. The molecule has 2 saturated carbocycles. The average Bonchev–Trinajstić information content (AvgIpc) is 2.75. The van der Waals surface area contributed by atoms with Crippen molar-refractivity contribution >= 4 is 0 Å². The summed E-state index contributed by atoms with van der Waals surface area (Å²) in [6, 6.07) is 0. The van der Waals surface area contributed by atoms with Gasteiger partial charge in [0.15, 0.2) is 0 Å². The largest absolute Gasteiger partial charge is 0.0625 e. The van der Waals surface area contributed by atoms with E-state index in [0.717, 1.165) is 28.6 Å². The van der Waals surface area contributed by atoms with E-state index in [1.807, 2.05) is 0 Å². The van der Waals surface area contributed by atoms with Crippen LogP contribution in [0, 0.1) is 28.6 Å². The van der Waals surface area contributed by atoms with Gasteiger partial charge in [-0.05, 0) is 47.8 Å². The maximum atomic E-state index is 2.55. The van der Waals surface area contributed by atoms with E-state index in [4.69, 9.17) is 0 Å². The lowest BCUT2D eigenvalue weighted by molar-refractivity contribution is 0.161. The van der Waals surface area contributed by atoms with E-state index in [2.05, 4.69) is 34.6 Å². The van der Waals surface area contributed by atoms with Crippen molar-refractivity contribution in [2.24, 2.45) is 28.6 Å². The molecule has 0 radical (unpaired) electrons. The first-order valence-electron chi connectivity index (χ1n) is 5.93. The molecule has 0 amide bonds. The Morgan fingerprint density at radius 1 is 0.923 bits per heavy atom. The highest BCUT2D eigenvalue weighted by atomic mass is 14.8. The molecular weight excluding hydrogens is 156 g/mol. The summed E-state index contributed by atoms with van der Waals surface area (Å²) in [7, 11) is 0. The van der Waals surface area contributed by atoms with Gasteiger partial charge in [-0.3, -0.25) is 0 Å². The summed E-state index contributed by atoms with van der Waals surface area (Å²) in [5, 5.41) is 0. The zero-order chi connectivity index (χ0) is 9.85. The summed E-state index contributed by atoms with van der Waals surface area (Å²) >= 11 is 0. The predicted octanol–water partition coefficient (Wildman–Crippen LogP) is 4.10. The summed E-state index contributed by atoms with van der Waals surface area (Å²) < 4.78 is 0. The lowest BCUT2D eigenvalue weighted by atomic mass is 9.73. The number of hydrogen-bond acceptors (Lipinski definition) is 0. The van der Waals surface area contributed by atoms with Crippen LogP contribution < -0.4 is 0 Å². The molecule has 0 heteroatoms. The van der Waals surface area contributed by atoms with Crippen LogP contribution in [0.2, 0.25) is 0 Å². The molecule has 0 saturated heterocycles. The summed E-state index contributed by atoms with van der Waals surface area (Å²) in [6.07, 6.45) is 4.58. The molecule has 0 aromatic rings. The van der Waals surface area contributed by atoms with Crippen molar-refractivity contribution < 1.29 is 0 Å². The van der Waals surface area contributed by atoms with Crippen molar-refractivity contribution in [3.05, 3.63) is 0 Å². The van der Waals surface area contributed by atoms with Gasteiger partial charge >= 0.3 is 0 Å². The Bertz CT molecular complexity index is 202. The second-order valence-electron chi connectivity index (χ2n) is 6.39. The topological polar surface area (TPSA) is 0 Å². The summed E-state index contributed by atoms with van der Waals surface area (Å²) in [6.45, 7) is 12.2. The van der Waals surface area contributed by atoms with Crippen LogP contribution >= 0.6 is 0 Å². The van der Waals surface area contributed by atoms with E-state index in [9.17, 15) is 0 Å². The third-order valence-electron chi connectivity index (χ3n) is 4.82. The van der Waals surface area contributed by atoms with E-state index in [1.165, 1.54) is 19.3 Å². The molecule has 0 bridgehead atoms. The Kier molecular flexibility index (Phi) is 1.85. The van der Waals surface area contributed by atoms with Crippen molar-refractivity contribution in [3.8, 4) is 0 Å². The van der Waals surface area contributed by atoms with Crippen molar-refractivity contribution in [2.75, 3.05) is 0 Å². The first-order chi connectivity index (χ1) is 5.93. The molecule has 1 atom stereocenters. The van der Waals surface area contributed by atoms with Gasteiger partial charge in [0.25, 0.3) is 0 Å². The zero-order valence-corrected chi connectivity index (χ0v) is 9.85. The van der Waals surface area contributed by atoms with Gasteiger partial charge in [-0.15, -0.1) is 0 Å². The third-order valence-corrected chi connectivity index (χ3v) is 4.82. The molecule has 0 aromatic carbocycles. The van der Waals surface area contributed by atoms with E-state index in [0.29, 0.717) is 0 Å². The highest BCUT2D eigenvalue weighted by Gasteiger charge is 2.73. The maximum absolute atomic E-state index is 2.55. The van der Waals surface area contributed by atoms with Crippen molar-refractivity contribution in [1.29, 1.82) is 0 Å². The SMILES string of the molecule is CC(C)C(C(C)C)C1(C)CC12CC2. The van der Waals surface area contributed by atoms with Gasteiger partial charge in [-0.1, -0.05) is 34.6 Å². The molecule has 0 heterocycles. The molecule has 13 heavy (non-hydrogen) atoms. The summed E-state index contributed by atoms with van der Waals surface area (Å²) in [5.41, 5.74) is 1.56. The monoisotopic (exact) mass is 180 g/mol. The predicted molar refractivity (Wildman–Crippen MR) is 57.6 cm³/mol. The molecule has 0 aromatic heterocycles. The fourth-order valence-corrected chi connectivity index (χ4v) is 4.27. The highest BCUT2D eigenvalue weighted by Crippen LogP contribution is 2.82. The van der Waals surface area contributed by atoms with Crippen molar-refractivity contribution in [3.63, 3.8) is 0 Å². The first-order valence-corrected chi connectivity index (χ1v) is 5.93. The molecule has 2 aliphatic carbocycles. The van der Waals surface area contributed by atoms with E-state index in [-0.39, 0.29) is 0 Å². The average molecular weight is 180 g/mol. The fraction of sp³-hybridized carbons (Fsp3) is 1.00. The summed E-state index contributed by atoms with van der Waals surface area (Å²) in [5.74, 6) is 2.69. The smallest absolute Gasteiger partial charge is 0.0230 e. The zero-order valence-electron chi connectivity index (χ0n) is 9.85. The summed E-state index contributed by atoms with van der Waals surface area (Å²) in [4.78, 5) is 0. The maximum Gasteiger partial charge on any atom is -0.0230 e. The van der Waals surface area contributed by atoms with Gasteiger partial charge < -0.3 is 0 Å². The Balaban J connectivity index is 2.13. The number of rotatable bonds is 3.